The molecule has 98 valence electrons. The summed E-state index contributed by atoms with van der Waals surface area (Å²) in [5.41, 5.74) is -1.93. The van der Waals surface area contributed by atoms with Crippen LogP contribution < -0.4 is 0 Å². The number of hydrogen-bond donors (Lipinski definition) is 2. The Labute approximate surface area is 92.9 Å². The molecule has 2 N–H and O–H groups in total. The highest BCUT2D eigenvalue weighted by Gasteiger charge is 2.53. The average molecular weight is 258 g/mol. The van der Waals surface area contributed by atoms with Crippen molar-refractivity contribution in [3.8, 4) is 0 Å². The van der Waals surface area contributed by atoms with Gasteiger partial charge in [-0.05, 0) is 6.92 Å². The van der Waals surface area contributed by atoms with Crippen molar-refractivity contribution in [3.05, 3.63) is 0 Å². The van der Waals surface area contributed by atoms with Gasteiger partial charge < -0.3 is 19.7 Å². The van der Waals surface area contributed by atoms with Crippen LogP contribution in [0.15, 0.2) is 0 Å². The van der Waals surface area contributed by atoms with Crippen molar-refractivity contribution in [2.75, 3.05) is 6.61 Å². The van der Waals surface area contributed by atoms with Crippen LogP contribution in [0.4, 0.5) is 13.2 Å². The number of esters is 2. The molecule has 0 spiro atoms. The molecule has 6 nitrogen and oxygen atoms in total. The predicted molar refractivity (Wildman–Crippen MR) is 43.5 cm³/mol. The second-order valence-corrected chi connectivity index (χ2v) is 3.69. The van der Waals surface area contributed by atoms with Gasteiger partial charge in [0.1, 0.15) is 6.61 Å². The Morgan fingerprint density at radius 1 is 1.65 bits per heavy atom. The second kappa shape index (κ2) is 4.15. The standard InChI is InChI=1S/C8H9F3O6/c1-7(2-16-5(14)3(7)12)17-6(15)4(13)8(9,10)11/h3-4,12-13H,2H2,1H3/t3?,4-,7?/m0/s1. The van der Waals surface area contributed by atoms with Crippen molar-refractivity contribution in [1.82, 2.24) is 0 Å². The number of cyclic esters (lactones) is 1. The van der Waals surface area contributed by atoms with E-state index in [9.17, 15) is 27.9 Å². The summed E-state index contributed by atoms with van der Waals surface area (Å²) in [6.45, 7) is 0.437. The lowest BCUT2D eigenvalue weighted by molar-refractivity contribution is -0.227. The molecule has 0 radical (unpaired) electrons. The monoisotopic (exact) mass is 258 g/mol. The molecule has 0 aromatic heterocycles. The van der Waals surface area contributed by atoms with Gasteiger partial charge in [-0.1, -0.05) is 0 Å². The highest BCUT2D eigenvalue weighted by molar-refractivity contribution is 5.81. The van der Waals surface area contributed by atoms with Gasteiger partial charge in [-0.15, -0.1) is 0 Å². The van der Waals surface area contributed by atoms with E-state index in [0.29, 0.717) is 0 Å². The first-order chi connectivity index (χ1) is 7.58. The predicted octanol–water partition coefficient (Wildman–Crippen LogP) is -0.871. The number of halogens is 3. The van der Waals surface area contributed by atoms with E-state index in [-0.39, 0.29) is 0 Å². The van der Waals surface area contributed by atoms with E-state index in [1.54, 1.807) is 0 Å². The Balaban J connectivity index is 2.73. The molecule has 1 rings (SSSR count). The summed E-state index contributed by atoms with van der Waals surface area (Å²) in [5, 5.41) is 17.8. The van der Waals surface area contributed by atoms with Gasteiger partial charge in [0.15, 0.2) is 11.7 Å². The van der Waals surface area contributed by atoms with Crippen LogP contribution in [0.2, 0.25) is 0 Å². The van der Waals surface area contributed by atoms with Gasteiger partial charge in [-0.3, -0.25) is 0 Å². The fraction of sp³-hybridized carbons (Fsp3) is 0.750. The fourth-order valence-corrected chi connectivity index (χ4v) is 1.13. The van der Waals surface area contributed by atoms with Gasteiger partial charge in [0.25, 0.3) is 0 Å². The van der Waals surface area contributed by atoms with Gasteiger partial charge in [0.2, 0.25) is 6.10 Å². The molecular formula is C8H9F3O6. The number of aliphatic hydroxyl groups excluding tert-OH is 2. The minimum atomic E-state index is -5.18. The molecule has 1 saturated heterocycles. The highest BCUT2D eigenvalue weighted by atomic mass is 19.4. The summed E-state index contributed by atoms with van der Waals surface area (Å²) in [6, 6.07) is 0. The summed E-state index contributed by atoms with van der Waals surface area (Å²) in [7, 11) is 0. The van der Waals surface area contributed by atoms with E-state index in [0.717, 1.165) is 6.92 Å². The normalized spacial score (nSPS) is 30.9. The molecule has 1 fully saturated rings. The van der Waals surface area contributed by atoms with E-state index in [1.165, 1.54) is 0 Å². The smallest absolute Gasteiger partial charge is 0.425 e. The molecule has 17 heavy (non-hydrogen) atoms. The molecule has 1 aliphatic rings. The van der Waals surface area contributed by atoms with Crippen molar-refractivity contribution >= 4 is 11.9 Å². The molecule has 2 unspecified atom stereocenters. The van der Waals surface area contributed by atoms with Gasteiger partial charge in [-0.25, -0.2) is 9.59 Å². The number of alkyl halides is 3. The number of carbonyl (C=O) groups excluding carboxylic acids is 2. The lowest BCUT2D eigenvalue weighted by atomic mass is 10.0. The van der Waals surface area contributed by atoms with Gasteiger partial charge in [-0.2, -0.15) is 13.2 Å². The number of hydrogen-bond acceptors (Lipinski definition) is 6. The third kappa shape index (κ3) is 2.67. The molecule has 0 bridgehead atoms. The molecule has 3 atom stereocenters. The number of ether oxygens (including phenoxy) is 2. The third-order valence-electron chi connectivity index (χ3n) is 2.17. The Bertz CT molecular complexity index is 341. The summed E-state index contributed by atoms with van der Waals surface area (Å²) in [5.74, 6) is -3.11. The minimum Gasteiger partial charge on any atom is -0.459 e. The lowest BCUT2D eigenvalue weighted by Crippen LogP contribution is -2.48. The number of rotatable bonds is 2. The maximum absolute atomic E-state index is 12.0. The Kier molecular flexibility index (Phi) is 3.35. The van der Waals surface area contributed by atoms with E-state index >= 15 is 0 Å². The van der Waals surface area contributed by atoms with Crippen LogP contribution in [0, 0.1) is 0 Å². The summed E-state index contributed by atoms with van der Waals surface area (Å²) >= 11 is 0. The first kappa shape index (κ1) is 13.7. The van der Waals surface area contributed by atoms with Crippen LogP contribution in [0.3, 0.4) is 0 Å². The van der Waals surface area contributed by atoms with Crippen LogP contribution in [0.5, 0.6) is 0 Å². The summed E-state index contributed by atoms with van der Waals surface area (Å²) < 4.78 is 44.5. The van der Waals surface area contributed by atoms with Crippen LogP contribution in [-0.4, -0.2) is 52.7 Å². The topological polar surface area (TPSA) is 93.1 Å². The molecule has 0 aromatic rings. The lowest BCUT2D eigenvalue weighted by Gasteiger charge is -2.25. The zero-order valence-corrected chi connectivity index (χ0v) is 8.52. The van der Waals surface area contributed by atoms with Gasteiger partial charge in [0.05, 0.1) is 0 Å². The van der Waals surface area contributed by atoms with E-state index in [4.69, 9.17) is 5.11 Å². The van der Waals surface area contributed by atoms with E-state index in [2.05, 4.69) is 9.47 Å². The largest absolute Gasteiger partial charge is 0.459 e. The average Bonchev–Trinajstić information content (AvgIpc) is 2.44. The molecule has 9 heteroatoms. The maximum Gasteiger partial charge on any atom is 0.425 e. The van der Waals surface area contributed by atoms with Crippen molar-refractivity contribution in [3.63, 3.8) is 0 Å². The number of carbonyl (C=O) groups is 2. The molecule has 1 aliphatic heterocycles. The molecule has 0 aliphatic carbocycles. The molecule has 0 saturated carbocycles. The highest BCUT2D eigenvalue weighted by Crippen LogP contribution is 2.27. The summed E-state index contributed by atoms with van der Waals surface area (Å²) in [6.07, 6.45) is -10.4. The quantitative estimate of drug-likeness (QED) is 0.625. The number of aliphatic hydroxyl groups is 2. The van der Waals surface area contributed by atoms with Crippen LogP contribution in [0.25, 0.3) is 0 Å². The Morgan fingerprint density at radius 3 is 2.53 bits per heavy atom. The Hall–Kier alpha value is -1.35. The van der Waals surface area contributed by atoms with E-state index < -0.39 is 42.5 Å². The van der Waals surface area contributed by atoms with Crippen LogP contribution in [0.1, 0.15) is 6.92 Å². The van der Waals surface area contributed by atoms with Gasteiger partial charge in [0, 0.05) is 0 Å². The second-order valence-electron chi connectivity index (χ2n) is 3.69. The molecular weight excluding hydrogens is 249 g/mol. The van der Waals surface area contributed by atoms with Crippen molar-refractivity contribution in [1.29, 1.82) is 0 Å². The molecule has 0 aromatic carbocycles. The van der Waals surface area contributed by atoms with Crippen molar-refractivity contribution < 1.29 is 42.4 Å². The third-order valence-corrected chi connectivity index (χ3v) is 2.17. The first-order valence-electron chi connectivity index (χ1n) is 4.40. The van der Waals surface area contributed by atoms with Crippen LogP contribution in [-0.2, 0) is 19.1 Å². The van der Waals surface area contributed by atoms with Crippen molar-refractivity contribution in [2.24, 2.45) is 0 Å². The van der Waals surface area contributed by atoms with Crippen LogP contribution >= 0.6 is 0 Å². The summed E-state index contributed by atoms with van der Waals surface area (Å²) in [4.78, 5) is 21.7. The van der Waals surface area contributed by atoms with Gasteiger partial charge >= 0.3 is 18.1 Å². The molecule has 1 heterocycles. The van der Waals surface area contributed by atoms with Crippen molar-refractivity contribution in [2.45, 2.75) is 30.9 Å². The maximum atomic E-state index is 12.0. The minimum absolute atomic E-state index is 0.580. The first-order valence-corrected chi connectivity index (χ1v) is 4.40. The van der Waals surface area contributed by atoms with E-state index in [1.807, 2.05) is 0 Å². The SMILES string of the molecule is CC1(OC(=O)[C@H](O)C(F)(F)F)COC(=O)C1O. The zero-order valence-electron chi connectivity index (χ0n) is 8.52. The molecule has 0 amide bonds. The fourth-order valence-electron chi connectivity index (χ4n) is 1.13. The Morgan fingerprint density at radius 2 is 2.18 bits per heavy atom. The zero-order chi connectivity index (χ0) is 13.4.